The third-order valence-electron chi connectivity index (χ3n) is 3.86. The number of hydrogen-bond acceptors (Lipinski definition) is 4. The summed E-state index contributed by atoms with van der Waals surface area (Å²) in [5, 5.41) is 18.2. The molecule has 3 aromatic rings. The van der Waals surface area contributed by atoms with E-state index in [1.54, 1.807) is 0 Å². The van der Waals surface area contributed by atoms with Crippen LogP contribution in [-0.2, 0) is 23.2 Å². The highest BCUT2D eigenvalue weighted by molar-refractivity contribution is 9.10. The second-order valence-corrected chi connectivity index (χ2v) is 6.90. The average Bonchev–Trinajstić information content (AvgIpc) is 3.02. The molecule has 28 heavy (non-hydrogen) atoms. The lowest BCUT2D eigenvalue weighted by Crippen LogP contribution is -2.09. The van der Waals surface area contributed by atoms with E-state index in [-0.39, 0.29) is 0 Å². The molecule has 3 N–H and O–H groups in total. The van der Waals surface area contributed by atoms with E-state index in [0.717, 1.165) is 22.7 Å². The minimum Gasteiger partial charge on any atom is -0.473 e. The summed E-state index contributed by atoms with van der Waals surface area (Å²) < 4.78 is 3.18. The first kappa shape index (κ1) is 21.2. The van der Waals surface area contributed by atoms with E-state index in [4.69, 9.17) is 19.8 Å². The number of carbonyl (C=O) groups is 2. The number of aryl methyl sites for hydroxylation is 1. The van der Waals surface area contributed by atoms with Crippen LogP contribution in [0.15, 0.2) is 59.2 Å². The molecule has 1 aromatic heterocycles. The van der Waals surface area contributed by atoms with Gasteiger partial charge in [0.05, 0.1) is 11.9 Å². The maximum Gasteiger partial charge on any atom is 0.414 e. The molecule has 0 radical (unpaired) electrons. The number of rotatable bonds is 4. The maximum atomic E-state index is 9.10. The number of carboxylic acids is 2. The number of aromatic nitrogens is 2. The van der Waals surface area contributed by atoms with Crippen molar-refractivity contribution in [1.29, 1.82) is 0 Å². The molecule has 7 nitrogen and oxygen atoms in total. The van der Waals surface area contributed by atoms with E-state index in [1.165, 1.54) is 16.7 Å². The van der Waals surface area contributed by atoms with Gasteiger partial charge in [-0.25, -0.2) is 14.6 Å². The summed E-state index contributed by atoms with van der Waals surface area (Å²) in [5.74, 6) is -2.78. The SMILES string of the molecule is Cc1ccc(-c2cnc(NCc3cccc(Br)c3)n2C)cc1.O=C(O)C(=O)O. The van der Waals surface area contributed by atoms with Crippen molar-refractivity contribution >= 4 is 33.8 Å². The highest BCUT2D eigenvalue weighted by atomic mass is 79.9. The Morgan fingerprint density at radius 1 is 1.11 bits per heavy atom. The normalized spacial score (nSPS) is 9.96. The molecule has 0 aliphatic rings. The molecule has 0 aliphatic carbocycles. The second-order valence-electron chi connectivity index (χ2n) is 5.99. The summed E-state index contributed by atoms with van der Waals surface area (Å²) in [6, 6.07) is 16.8. The van der Waals surface area contributed by atoms with Crippen LogP contribution in [0, 0.1) is 6.92 Å². The number of halogens is 1. The Bertz CT molecular complexity index is 956. The van der Waals surface area contributed by atoms with Gasteiger partial charge in [0.2, 0.25) is 5.95 Å². The van der Waals surface area contributed by atoms with Gasteiger partial charge >= 0.3 is 11.9 Å². The Morgan fingerprint density at radius 2 is 1.75 bits per heavy atom. The monoisotopic (exact) mass is 445 g/mol. The fourth-order valence-electron chi connectivity index (χ4n) is 2.39. The second kappa shape index (κ2) is 9.70. The number of nitrogens with zero attached hydrogens (tertiary/aromatic N) is 2. The van der Waals surface area contributed by atoms with E-state index in [0.29, 0.717) is 0 Å². The van der Waals surface area contributed by atoms with Crippen LogP contribution >= 0.6 is 15.9 Å². The molecule has 146 valence electrons. The Hall–Kier alpha value is -3.13. The number of hydrogen-bond donors (Lipinski definition) is 3. The molecule has 0 saturated heterocycles. The summed E-state index contributed by atoms with van der Waals surface area (Å²) in [4.78, 5) is 22.7. The van der Waals surface area contributed by atoms with Gasteiger partial charge in [-0.3, -0.25) is 0 Å². The van der Waals surface area contributed by atoms with Crippen molar-refractivity contribution < 1.29 is 19.8 Å². The van der Waals surface area contributed by atoms with Crippen LogP contribution in [0.4, 0.5) is 5.95 Å². The van der Waals surface area contributed by atoms with Crippen molar-refractivity contribution in [3.63, 3.8) is 0 Å². The quantitative estimate of drug-likeness (QED) is 0.525. The number of benzene rings is 2. The zero-order valence-electron chi connectivity index (χ0n) is 15.4. The zero-order chi connectivity index (χ0) is 20.7. The smallest absolute Gasteiger partial charge is 0.414 e. The summed E-state index contributed by atoms with van der Waals surface area (Å²) in [7, 11) is 2.03. The molecule has 3 rings (SSSR count). The van der Waals surface area contributed by atoms with Crippen molar-refractivity contribution in [2.75, 3.05) is 5.32 Å². The number of aliphatic carboxylic acids is 2. The Balaban J connectivity index is 0.000000409. The first-order valence-electron chi connectivity index (χ1n) is 8.31. The lowest BCUT2D eigenvalue weighted by molar-refractivity contribution is -0.159. The highest BCUT2D eigenvalue weighted by Crippen LogP contribution is 2.22. The Labute approximate surface area is 170 Å². The average molecular weight is 446 g/mol. The van der Waals surface area contributed by atoms with Crippen molar-refractivity contribution in [3.05, 3.63) is 70.3 Å². The minimum absolute atomic E-state index is 0.748. The largest absolute Gasteiger partial charge is 0.473 e. The highest BCUT2D eigenvalue weighted by Gasteiger charge is 2.08. The van der Waals surface area contributed by atoms with Gasteiger partial charge in [0.15, 0.2) is 0 Å². The molecule has 8 heteroatoms. The molecule has 0 saturated carbocycles. The van der Waals surface area contributed by atoms with E-state index in [9.17, 15) is 0 Å². The third-order valence-corrected chi connectivity index (χ3v) is 4.35. The fraction of sp³-hybridized carbons (Fsp3) is 0.150. The van der Waals surface area contributed by atoms with E-state index in [2.05, 4.69) is 74.1 Å². The van der Waals surface area contributed by atoms with Crippen LogP contribution in [0.1, 0.15) is 11.1 Å². The Morgan fingerprint density at radius 3 is 2.32 bits per heavy atom. The number of imidazole rings is 1. The first-order valence-corrected chi connectivity index (χ1v) is 9.10. The summed E-state index contributed by atoms with van der Waals surface area (Å²) in [6.07, 6.45) is 1.91. The van der Waals surface area contributed by atoms with Gasteiger partial charge in [0, 0.05) is 18.1 Å². The summed E-state index contributed by atoms with van der Waals surface area (Å²) in [6.45, 7) is 2.84. The molecule has 1 heterocycles. The predicted octanol–water partition coefficient (Wildman–Crippen LogP) is 3.93. The predicted molar refractivity (Wildman–Crippen MR) is 110 cm³/mol. The molecule has 0 bridgehead atoms. The van der Waals surface area contributed by atoms with Gasteiger partial charge in [-0.1, -0.05) is 57.9 Å². The van der Waals surface area contributed by atoms with Crippen LogP contribution in [0.25, 0.3) is 11.3 Å². The van der Waals surface area contributed by atoms with E-state index >= 15 is 0 Å². The first-order chi connectivity index (χ1) is 13.3. The van der Waals surface area contributed by atoms with Gasteiger partial charge in [-0.05, 0) is 30.2 Å². The topological polar surface area (TPSA) is 104 Å². The molecule has 0 fully saturated rings. The molecule has 2 aromatic carbocycles. The van der Waals surface area contributed by atoms with Crippen molar-refractivity contribution in [3.8, 4) is 11.3 Å². The molecular formula is C20H20BrN3O4. The van der Waals surface area contributed by atoms with Crippen molar-refractivity contribution in [1.82, 2.24) is 9.55 Å². The van der Waals surface area contributed by atoms with Crippen LogP contribution in [0.2, 0.25) is 0 Å². The molecule has 0 amide bonds. The standard InChI is InChI=1S/C18H18BrN3.C2H2O4/c1-13-6-8-15(9-7-13)17-12-21-18(22(17)2)20-11-14-4-3-5-16(19)10-14;3-1(4)2(5)6/h3-10,12H,11H2,1-2H3,(H,20,21);(H,3,4)(H,5,6). The third kappa shape index (κ3) is 5.95. The van der Waals surface area contributed by atoms with Gasteiger partial charge in [0.25, 0.3) is 0 Å². The van der Waals surface area contributed by atoms with Gasteiger partial charge in [-0.2, -0.15) is 0 Å². The lowest BCUT2D eigenvalue weighted by atomic mass is 10.1. The van der Waals surface area contributed by atoms with Gasteiger partial charge in [0.1, 0.15) is 0 Å². The molecule has 0 unspecified atom stereocenters. The number of carboxylic acid groups (broad SMARTS) is 2. The number of nitrogens with one attached hydrogen (secondary N) is 1. The zero-order valence-corrected chi connectivity index (χ0v) is 17.0. The van der Waals surface area contributed by atoms with Crippen LogP contribution in [0.5, 0.6) is 0 Å². The van der Waals surface area contributed by atoms with Gasteiger partial charge in [-0.15, -0.1) is 0 Å². The molecule has 0 atom stereocenters. The van der Waals surface area contributed by atoms with Crippen molar-refractivity contribution in [2.45, 2.75) is 13.5 Å². The summed E-state index contributed by atoms with van der Waals surface area (Å²) in [5.41, 5.74) is 4.76. The lowest BCUT2D eigenvalue weighted by Gasteiger charge is -2.09. The van der Waals surface area contributed by atoms with E-state index < -0.39 is 11.9 Å². The number of anilines is 1. The van der Waals surface area contributed by atoms with E-state index in [1.807, 2.05) is 25.4 Å². The summed E-state index contributed by atoms with van der Waals surface area (Å²) >= 11 is 3.49. The van der Waals surface area contributed by atoms with Crippen molar-refractivity contribution in [2.24, 2.45) is 7.05 Å². The fourth-order valence-corrected chi connectivity index (χ4v) is 2.84. The van der Waals surface area contributed by atoms with Crippen LogP contribution < -0.4 is 5.32 Å². The van der Waals surface area contributed by atoms with Crippen LogP contribution in [0.3, 0.4) is 0 Å². The van der Waals surface area contributed by atoms with Gasteiger partial charge < -0.3 is 20.1 Å². The molecule has 0 aliphatic heterocycles. The van der Waals surface area contributed by atoms with Crippen LogP contribution in [-0.4, -0.2) is 31.7 Å². The maximum absolute atomic E-state index is 9.10. The molecule has 0 spiro atoms. The minimum atomic E-state index is -1.82. The molecular weight excluding hydrogens is 426 g/mol. The Kier molecular flexibility index (Phi) is 7.34.